The molecule has 0 radical (unpaired) electrons. The lowest BCUT2D eigenvalue weighted by molar-refractivity contribution is -0.122. The average Bonchev–Trinajstić information content (AvgIpc) is 2.89. The highest BCUT2D eigenvalue weighted by molar-refractivity contribution is 7.09. The Balaban J connectivity index is 1.92. The summed E-state index contributed by atoms with van der Waals surface area (Å²) in [7, 11) is 0. The molecule has 0 saturated carbocycles. The molecule has 5 heteroatoms. The van der Waals surface area contributed by atoms with Crippen LogP contribution in [-0.4, -0.2) is 10.9 Å². The maximum Gasteiger partial charge on any atom is 0.241 e. The van der Waals surface area contributed by atoms with E-state index in [1.54, 1.807) is 6.20 Å². The maximum atomic E-state index is 11.8. The molecule has 3 N–H and O–H groups in total. The lowest BCUT2D eigenvalue weighted by atomic mass is 10.1. The molecule has 88 valence electrons. The first-order chi connectivity index (χ1) is 8.27. The third-order valence-electron chi connectivity index (χ3n) is 2.34. The zero-order valence-electron chi connectivity index (χ0n) is 9.17. The van der Waals surface area contributed by atoms with E-state index in [2.05, 4.69) is 10.3 Å². The molecule has 0 aliphatic rings. The van der Waals surface area contributed by atoms with E-state index in [-0.39, 0.29) is 5.91 Å². The fourth-order valence-electron chi connectivity index (χ4n) is 1.42. The Bertz CT molecular complexity index is 470. The standard InChI is InChI=1S/C12H13N3OS/c13-11(9-4-2-1-3-5-9)12(16)15-8-10-14-6-7-17-10/h1-7,11H,8,13H2,(H,15,16)/t11-/m0/s1. The Labute approximate surface area is 103 Å². The predicted octanol–water partition coefficient (Wildman–Crippen LogP) is 1.46. The summed E-state index contributed by atoms with van der Waals surface area (Å²) in [4.78, 5) is 15.9. The molecule has 1 amide bonds. The number of hydrogen-bond acceptors (Lipinski definition) is 4. The summed E-state index contributed by atoms with van der Waals surface area (Å²) in [5, 5.41) is 5.51. The van der Waals surface area contributed by atoms with Gasteiger partial charge in [0.25, 0.3) is 0 Å². The molecule has 0 spiro atoms. The van der Waals surface area contributed by atoms with Crippen LogP contribution < -0.4 is 11.1 Å². The smallest absolute Gasteiger partial charge is 0.241 e. The summed E-state index contributed by atoms with van der Waals surface area (Å²) < 4.78 is 0. The van der Waals surface area contributed by atoms with Crippen molar-refractivity contribution in [1.82, 2.24) is 10.3 Å². The third kappa shape index (κ3) is 3.12. The molecule has 4 nitrogen and oxygen atoms in total. The summed E-state index contributed by atoms with van der Waals surface area (Å²) in [5.41, 5.74) is 6.66. The highest BCUT2D eigenvalue weighted by atomic mass is 32.1. The Morgan fingerprint density at radius 2 is 2.18 bits per heavy atom. The highest BCUT2D eigenvalue weighted by Gasteiger charge is 2.14. The number of aromatic nitrogens is 1. The van der Waals surface area contributed by atoms with Crippen LogP contribution in [0.2, 0.25) is 0 Å². The van der Waals surface area contributed by atoms with Gasteiger partial charge in [-0.05, 0) is 5.56 Å². The maximum absolute atomic E-state index is 11.8. The summed E-state index contributed by atoms with van der Waals surface area (Å²) in [5.74, 6) is -0.189. The molecule has 0 bridgehead atoms. The van der Waals surface area contributed by atoms with E-state index < -0.39 is 6.04 Å². The van der Waals surface area contributed by atoms with Crippen LogP contribution >= 0.6 is 11.3 Å². The Hall–Kier alpha value is -1.72. The molecule has 1 heterocycles. The zero-order chi connectivity index (χ0) is 12.1. The van der Waals surface area contributed by atoms with Gasteiger partial charge in [0.15, 0.2) is 0 Å². The van der Waals surface area contributed by atoms with Crippen molar-refractivity contribution >= 4 is 17.2 Å². The lowest BCUT2D eigenvalue weighted by Gasteiger charge is -2.11. The molecule has 2 aromatic rings. The summed E-state index contributed by atoms with van der Waals surface area (Å²) in [6.07, 6.45) is 1.71. The molecule has 0 aliphatic heterocycles. The van der Waals surface area contributed by atoms with Gasteiger partial charge in [-0.15, -0.1) is 11.3 Å². The van der Waals surface area contributed by atoms with Crippen molar-refractivity contribution in [3.05, 3.63) is 52.5 Å². The minimum absolute atomic E-state index is 0.189. The summed E-state index contributed by atoms with van der Waals surface area (Å²) >= 11 is 1.51. The fraction of sp³-hybridized carbons (Fsp3) is 0.167. The Kier molecular flexibility index (Phi) is 3.85. The van der Waals surface area contributed by atoms with Crippen molar-refractivity contribution in [3.63, 3.8) is 0 Å². The van der Waals surface area contributed by atoms with Crippen LogP contribution in [0.5, 0.6) is 0 Å². The zero-order valence-corrected chi connectivity index (χ0v) is 9.98. The van der Waals surface area contributed by atoms with Gasteiger partial charge in [-0.2, -0.15) is 0 Å². The average molecular weight is 247 g/mol. The van der Waals surface area contributed by atoms with E-state index in [1.165, 1.54) is 11.3 Å². The molecule has 1 aromatic heterocycles. The molecule has 2 rings (SSSR count). The number of amides is 1. The van der Waals surface area contributed by atoms with E-state index in [9.17, 15) is 4.79 Å². The van der Waals surface area contributed by atoms with E-state index in [1.807, 2.05) is 35.7 Å². The molecule has 0 aliphatic carbocycles. The molecule has 0 fully saturated rings. The first kappa shape index (κ1) is 11.8. The number of nitrogens with two attached hydrogens (primary N) is 1. The van der Waals surface area contributed by atoms with Gasteiger partial charge in [-0.1, -0.05) is 30.3 Å². The van der Waals surface area contributed by atoms with Crippen LogP contribution in [-0.2, 0) is 11.3 Å². The number of carbonyl (C=O) groups is 1. The SMILES string of the molecule is N[C@H](C(=O)NCc1nccs1)c1ccccc1. The van der Waals surface area contributed by atoms with Crippen molar-refractivity contribution in [3.8, 4) is 0 Å². The van der Waals surface area contributed by atoms with Crippen LogP contribution in [0.4, 0.5) is 0 Å². The Morgan fingerprint density at radius 1 is 1.41 bits per heavy atom. The van der Waals surface area contributed by atoms with Gasteiger partial charge < -0.3 is 11.1 Å². The number of carbonyl (C=O) groups excluding carboxylic acids is 1. The first-order valence-corrected chi connectivity index (χ1v) is 6.12. The number of hydrogen-bond donors (Lipinski definition) is 2. The van der Waals surface area contributed by atoms with Crippen molar-refractivity contribution in [2.45, 2.75) is 12.6 Å². The van der Waals surface area contributed by atoms with Gasteiger partial charge in [-0.25, -0.2) is 4.98 Å². The second kappa shape index (κ2) is 5.56. The minimum Gasteiger partial charge on any atom is -0.348 e. The fourth-order valence-corrected chi connectivity index (χ4v) is 1.98. The minimum atomic E-state index is -0.629. The van der Waals surface area contributed by atoms with Crippen molar-refractivity contribution in [2.24, 2.45) is 5.73 Å². The molecule has 0 saturated heterocycles. The molecule has 1 aromatic carbocycles. The van der Waals surface area contributed by atoms with Crippen molar-refractivity contribution in [2.75, 3.05) is 0 Å². The van der Waals surface area contributed by atoms with Gasteiger partial charge in [0.2, 0.25) is 5.91 Å². The monoisotopic (exact) mass is 247 g/mol. The van der Waals surface area contributed by atoms with E-state index >= 15 is 0 Å². The van der Waals surface area contributed by atoms with Gasteiger partial charge in [0, 0.05) is 11.6 Å². The lowest BCUT2D eigenvalue weighted by Crippen LogP contribution is -2.33. The van der Waals surface area contributed by atoms with E-state index in [4.69, 9.17) is 5.73 Å². The number of nitrogens with zero attached hydrogens (tertiary/aromatic N) is 1. The number of nitrogens with one attached hydrogen (secondary N) is 1. The molecule has 0 unspecified atom stereocenters. The number of rotatable bonds is 4. The second-order valence-electron chi connectivity index (χ2n) is 3.53. The van der Waals surface area contributed by atoms with Crippen molar-refractivity contribution in [1.29, 1.82) is 0 Å². The van der Waals surface area contributed by atoms with Crippen LogP contribution in [0.25, 0.3) is 0 Å². The first-order valence-electron chi connectivity index (χ1n) is 5.24. The van der Waals surface area contributed by atoms with Gasteiger partial charge >= 0.3 is 0 Å². The highest BCUT2D eigenvalue weighted by Crippen LogP contribution is 2.10. The molecule has 17 heavy (non-hydrogen) atoms. The van der Waals surface area contributed by atoms with E-state index in [0.717, 1.165) is 10.6 Å². The molecule has 1 atom stereocenters. The molecular weight excluding hydrogens is 234 g/mol. The van der Waals surface area contributed by atoms with Gasteiger partial charge in [0.1, 0.15) is 11.0 Å². The van der Waals surface area contributed by atoms with Crippen LogP contribution in [0.3, 0.4) is 0 Å². The summed E-state index contributed by atoms with van der Waals surface area (Å²) in [6.45, 7) is 0.428. The number of benzene rings is 1. The van der Waals surface area contributed by atoms with Crippen LogP contribution in [0.1, 0.15) is 16.6 Å². The summed E-state index contributed by atoms with van der Waals surface area (Å²) in [6, 6.07) is 8.67. The van der Waals surface area contributed by atoms with Crippen LogP contribution in [0, 0.1) is 0 Å². The Morgan fingerprint density at radius 3 is 2.82 bits per heavy atom. The number of thiazole rings is 1. The topological polar surface area (TPSA) is 68.0 Å². The largest absolute Gasteiger partial charge is 0.348 e. The second-order valence-corrected chi connectivity index (χ2v) is 4.51. The third-order valence-corrected chi connectivity index (χ3v) is 3.12. The predicted molar refractivity (Wildman–Crippen MR) is 67.3 cm³/mol. The quantitative estimate of drug-likeness (QED) is 0.859. The van der Waals surface area contributed by atoms with Crippen molar-refractivity contribution < 1.29 is 4.79 Å². The van der Waals surface area contributed by atoms with Gasteiger partial charge in [0.05, 0.1) is 6.54 Å². The molecular formula is C12H13N3OS. The van der Waals surface area contributed by atoms with E-state index in [0.29, 0.717) is 6.54 Å². The van der Waals surface area contributed by atoms with Crippen LogP contribution in [0.15, 0.2) is 41.9 Å². The van der Waals surface area contributed by atoms with Gasteiger partial charge in [-0.3, -0.25) is 4.79 Å². The normalized spacial score (nSPS) is 12.1.